The third kappa shape index (κ3) is 3.38. The van der Waals surface area contributed by atoms with Gasteiger partial charge in [0, 0.05) is 5.69 Å². The molecule has 1 aromatic rings. The van der Waals surface area contributed by atoms with Gasteiger partial charge in [-0.15, -0.1) is 0 Å². The van der Waals surface area contributed by atoms with Crippen LogP contribution in [0.5, 0.6) is 0 Å². The fraction of sp³-hybridized carbons (Fsp3) is 0.588. The van der Waals surface area contributed by atoms with Crippen LogP contribution in [0.3, 0.4) is 0 Å². The van der Waals surface area contributed by atoms with Crippen LogP contribution in [0.25, 0.3) is 0 Å². The summed E-state index contributed by atoms with van der Waals surface area (Å²) in [5.74, 6) is -0.322. The van der Waals surface area contributed by atoms with Crippen LogP contribution < -0.4 is 5.32 Å². The van der Waals surface area contributed by atoms with Gasteiger partial charge in [0.1, 0.15) is 0 Å². The second kappa shape index (κ2) is 5.34. The van der Waals surface area contributed by atoms with Crippen molar-refractivity contribution in [2.45, 2.75) is 58.3 Å². The maximum absolute atomic E-state index is 12.0. The van der Waals surface area contributed by atoms with Crippen LogP contribution in [0.2, 0.25) is 0 Å². The Labute approximate surface area is 126 Å². The number of rotatable bonds is 3. The van der Waals surface area contributed by atoms with E-state index in [-0.39, 0.29) is 23.2 Å². The molecule has 0 saturated carbocycles. The van der Waals surface area contributed by atoms with E-state index in [1.54, 1.807) is 0 Å². The van der Waals surface area contributed by atoms with E-state index in [4.69, 9.17) is 9.47 Å². The van der Waals surface area contributed by atoms with E-state index in [9.17, 15) is 4.79 Å². The van der Waals surface area contributed by atoms with E-state index in [1.165, 1.54) is 7.11 Å². The van der Waals surface area contributed by atoms with Crippen molar-refractivity contribution in [3.05, 3.63) is 29.3 Å². The molecule has 2 rings (SSSR count). The van der Waals surface area contributed by atoms with Gasteiger partial charge in [-0.1, -0.05) is 11.6 Å². The molecule has 4 nitrogen and oxygen atoms in total. The first-order chi connectivity index (χ1) is 9.64. The van der Waals surface area contributed by atoms with Crippen molar-refractivity contribution in [3.8, 4) is 0 Å². The molecule has 0 aromatic heterocycles. The van der Waals surface area contributed by atoms with Gasteiger partial charge in [0.25, 0.3) is 0 Å². The summed E-state index contributed by atoms with van der Waals surface area (Å²) in [5, 5.41) is 3.47. The zero-order valence-corrected chi connectivity index (χ0v) is 13.7. The van der Waals surface area contributed by atoms with E-state index < -0.39 is 0 Å². The van der Waals surface area contributed by atoms with Gasteiger partial charge in [-0.3, -0.25) is 0 Å². The Hall–Kier alpha value is -1.55. The van der Waals surface area contributed by atoms with Crippen LogP contribution in [-0.2, 0) is 9.47 Å². The molecule has 0 radical (unpaired) electrons. The van der Waals surface area contributed by atoms with Gasteiger partial charge < -0.3 is 14.8 Å². The summed E-state index contributed by atoms with van der Waals surface area (Å²) in [7, 11) is 1.40. The number of esters is 1. The van der Waals surface area contributed by atoms with Gasteiger partial charge in [-0.2, -0.15) is 0 Å². The Balaban J connectivity index is 2.30. The maximum Gasteiger partial charge on any atom is 0.339 e. The molecule has 4 heteroatoms. The molecule has 0 aliphatic carbocycles. The Morgan fingerprint density at radius 2 is 2.00 bits per heavy atom. The summed E-state index contributed by atoms with van der Waals surface area (Å²) in [6, 6.07) is 5.91. The smallest absolute Gasteiger partial charge is 0.339 e. The molecule has 1 fully saturated rings. The molecule has 1 atom stereocenters. The quantitative estimate of drug-likeness (QED) is 0.865. The third-order valence-electron chi connectivity index (χ3n) is 3.98. The lowest BCUT2D eigenvalue weighted by Crippen LogP contribution is -2.38. The highest BCUT2D eigenvalue weighted by atomic mass is 16.5. The van der Waals surface area contributed by atoms with Crippen molar-refractivity contribution in [1.82, 2.24) is 0 Å². The average molecular weight is 291 g/mol. The minimum Gasteiger partial charge on any atom is -0.465 e. The van der Waals surface area contributed by atoms with Crippen molar-refractivity contribution in [2.24, 2.45) is 0 Å². The first-order valence-electron chi connectivity index (χ1n) is 7.30. The second-order valence-electron chi connectivity index (χ2n) is 6.91. The molecule has 21 heavy (non-hydrogen) atoms. The predicted octanol–water partition coefficient (Wildman–Crippen LogP) is 3.54. The van der Waals surface area contributed by atoms with Crippen LogP contribution in [0.4, 0.5) is 5.69 Å². The maximum atomic E-state index is 12.0. The Morgan fingerprint density at radius 3 is 2.52 bits per heavy atom. The van der Waals surface area contributed by atoms with Crippen LogP contribution in [0.15, 0.2) is 18.2 Å². The number of benzene rings is 1. The molecule has 1 aliphatic heterocycles. The first-order valence-corrected chi connectivity index (χ1v) is 7.30. The molecule has 1 aliphatic rings. The van der Waals surface area contributed by atoms with Gasteiger partial charge in [-0.25, -0.2) is 4.79 Å². The molecule has 0 bridgehead atoms. The van der Waals surface area contributed by atoms with Crippen molar-refractivity contribution in [1.29, 1.82) is 0 Å². The lowest BCUT2D eigenvalue weighted by Gasteiger charge is -2.29. The highest BCUT2D eigenvalue weighted by Crippen LogP contribution is 2.39. The average Bonchev–Trinajstić information content (AvgIpc) is 2.58. The van der Waals surface area contributed by atoms with Crippen molar-refractivity contribution < 1.29 is 14.3 Å². The largest absolute Gasteiger partial charge is 0.465 e. The molecule has 0 spiro atoms. The fourth-order valence-electron chi connectivity index (χ4n) is 3.04. The number of hydrogen-bond donors (Lipinski definition) is 1. The second-order valence-corrected chi connectivity index (χ2v) is 6.91. The number of hydrogen-bond acceptors (Lipinski definition) is 4. The monoisotopic (exact) mass is 291 g/mol. The summed E-state index contributed by atoms with van der Waals surface area (Å²) in [6.07, 6.45) is 0.883. The minimum absolute atomic E-state index is 0.138. The highest BCUT2D eigenvalue weighted by molar-refractivity contribution is 5.95. The molecular formula is C17H25NO3. The summed E-state index contributed by atoms with van der Waals surface area (Å²) < 4.78 is 11.0. The standard InChI is InChI=1S/C17H25NO3/c1-11-7-8-13(12(9-11)15(19)20-6)18-14-10-16(2,3)21-17(14,4)5/h7-9,14,18H,10H2,1-6H3. The number of aryl methyl sites for hydroxylation is 1. The van der Waals surface area contributed by atoms with E-state index in [0.29, 0.717) is 5.56 Å². The van der Waals surface area contributed by atoms with E-state index in [2.05, 4.69) is 33.0 Å². The number of nitrogens with one attached hydrogen (secondary N) is 1. The summed E-state index contributed by atoms with van der Waals surface area (Å²) in [5.41, 5.74) is 1.94. The topological polar surface area (TPSA) is 47.6 Å². The number of methoxy groups -OCH3 is 1. The number of ether oxygens (including phenoxy) is 2. The van der Waals surface area contributed by atoms with Gasteiger partial charge >= 0.3 is 5.97 Å². The highest BCUT2D eigenvalue weighted by Gasteiger charge is 2.46. The number of carbonyl (C=O) groups excluding carboxylic acids is 1. The van der Waals surface area contributed by atoms with Crippen LogP contribution in [0, 0.1) is 6.92 Å². The van der Waals surface area contributed by atoms with E-state index in [0.717, 1.165) is 17.7 Å². The fourth-order valence-corrected chi connectivity index (χ4v) is 3.04. The summed E-state index contributed by atoms with van der Waals surface area (Å²) in [4.78, 5) is 12.0. The molecule has 1 unspecified atom stereocenters. The molecule has 116 valence electrons. The Morgan fingerprint density at radius 1 is 1.33 bits per heavy atom. The predicted molar refractivity (Wildman–Crippen MR) is 83.8 cm³/mol. The SMILES string of the molecule is COC(=O)c1cc(C)ccc1NC1CC(C)(C)OC1(C)C. The van der Waals surface area contributed by atoms with Gasteiger partial charge in [0.05, 0.1) is 29.9 Å². The van der Waals surface area contributed by atoms with E-state index >= 15 is 0 Å². The zero-order chi connectivity index (χ0) is 15.8. The third-order valence-corrected chi connectivity index (χ3v) is 3.98. The first kappa shape index (κ1) is 15.8. The normalized spacial score (nSPS) is 22.9. The zero-order valence-electron chi connectivity index (χ0n) is 13.7. The lowest BCUT2D eigenvalue weighted by molar-refractivity contribution is -0.0662. The van der Waals surface area contributed by atoms with Crippen molar-refractivity contribution in [3.63, 3.8) is 0 Å². The van der Waals surface area contributed by atoms with Crippen LogP contribution in [-0.4, -0.2) is 30.3 Å². The van der Waals surface area contributed by atoms with Gasteiger partial charge in [-0.05, 0) is 53.2 Å². The lowest BCUT2D eigenvalue weighted by atomic mass is 9.93. The van der Waals surface area contributed by atoms with Crippen molar-refractivity contribution in [2.75, 3.05) is 12.4 Å². The summed E-state index contributed by atoms with van der Waals surface area (Å²) >= 11 is 0. The minimum atomic E-state index is -0.322. The number of anilines is 1. The summed E-state index contributed by atoms with van der Waals surface area (Å²) in [6.45, 7) is 10.3. The molecule has 1 saturated heterocycles. The molecule has 1 N–H and O–H groups in total. The van der Waals surface area contributed by atoms with Gasteiger partial charge in [0.15, 0.2) is 0 Å². The van der Waals surface area contributed by atoms with Crippen molar-refractivity contribution >= 4 is 11.7 Å². The van der Waals surface area contributed by atoms with Crippen LogP contribution in [0.1, 0.15) is 50.0 Å². The molecule has 1 aromatic carbocycles. The Kier molecular flexibility index (Phi) is 4.02. The Bertz CT molecular complexity index is 549. The number of carbonyl (C=O) groups is 1. The van der Waals surface area contributed by atoms with E-state index in [1.807, 2.05) is 25.1 Å². The molecular weight excluding hydrogens is 266 g/mol. The molecule has 1 heterocycles. The van der Waals surface area contributed by atoms with Gasteiger partial charge in [0.2, 0.25) is 0 Å². The van der Waals surface area contributed by atoms with Crippen LogP contribution >= 0.6 is 0 Å². The molecule has 0 amide bonds.